The number of ether oxygens (including phenoxy) is 1. The minimum Gasteiger partial charge on any atom is -0.288 e. The van der Waals surface area contributed by atoms with Gasteiger partial charge in [-0.25, -0.2) is 26.3 Å². The molecular formula is C8H17F11O5S. The molecule has 162 valence electrons. The first-order chi connectivity index (χ1) is 11.4. The van der Waals surface area contributed by atoms with Gasteiger partial charge in [-0.1, -0.05) is 10.8 Å². The fourth-order valence-corrected chi connectivity index (χ4v) is 0.182. The molecular weight excluding hydrogens is 417 g/mol. The summed E-state index contributed by atoms with van der Waals surface area (Å²) in [6.07, 6.45) is -3.77. The highest BCUT2D eigenvalue weighted by atomic mass is 32.3. The summed E-state index contributed by atoms with van der Waals surface area (Å²) < 4.78 is 140. The van der Waals surface area contributed by atoms with Gasteiger partial charge >= 0.3 is 16.6 Å². The van der Waals surface area contributed by atoms with E-state index in [1.54, 1.807) is 0 Å². The van der Waals surface area contributed by atoms with Crippen molar-refractivity contribution in [3.05, 3.63) is 0 Å². The maximum atomic E-state index is 11.7. The quantitative estimate of drug-likeness (QED) is 0.389. The monoisotopic (exact) mass is 434 g/mol. The maximum Gasteiger partial charge on any atom is 0.435 e. The Bertz CT molecular complexity index is 270. The summed E-state index contributed by atoms with van der Waals surface area (Å²) >= 11 is 0. The van der Waals surface area contributed by atoms with Crippen molar-refractivity contribution in [3.63, 3.8) is 0 Å². The first-order valence-electron chi connectivity index (χ1n) is 5.03. The Kier molecular flexibility index (Phi) is 54.0. The molecule has 0 aromatic heterocycles. The lowest BCUT2D eigenvalue weighted by Crippen LogP contribution is -2.18. The summed E-state index contributed by atoms with van der Waals surface area (Å²) in [5.41, 5.74) is 0. The summed E-state index contributed by atoms with van der Waals surface area (Å²) in [5.74, 6) is 0. The molecule has 0 unspecified atom stereocenters. The number of hydrogen-bond donors (Lipinski definition) is 1. The van der Waals surface area contributed by atoms with Gasteiger partial charge in [0.15, 0.2) is 6.86 Å². The topological polar surface area (TPSA) is 72.8 Å². The highest BCUT2D eigenvalue weighted by Gasteiger charge is 2.26. The maximum absolute atomic E-state index is 11.7. The van der Waals surface area contributed by atoms with Gasteiger partial charge in [-0.05, 0) is 4.53 Å². The van der Waals surface area contributed by atoms with Crippen LogP contribution in [0.4, 0.5) is 47.9 Å². The minimum atomic E-state index is -5.17. The normalized spacial score (nSPS) is 9.04. The summed E-state index contributed by atoms with van der Waals surface area (Å²) in [6.45, 7) is -5.06. The van der Waals surface area contributed by atoms with Crippen molar-refractivity contribution < 1.29 is 70.6 Å². The van der Waals surface area contributed by atoms with E-state index in [9.17, 15) is 47.9 Å². The number of alkyl halides is 9. The number of halogens is 11. The Labute approximate surface area is 136 Å². The van der Waals surface area contributed by atoms with E-state index < -0.39 is 50.6 Å². The molecule has 0 aliphatic heterocycles. The predicted molar refractivity (Wildman–Crippen MR) is 64.3 cm³/mol. The van der Waals surface area contributed by atoms with Gasteiger partial charge < -0.3 is 0 Å². The summed E-state index contributed by atoms with van der Waals surface area (Å²) in [5, 5.41) is 0. The Balaban J connectivity index is -0.0000000465. The van der Waals surface area contributed by atoms with Crippen LogP contribution < -0.4 is 0 Å². The molecule has 0 aromatic rings. The van der Waals surface area contributed by atoms with Gasteiger partial charge in [0.05, 0.1) is 7.18 Å². The third-order valence-corrected chi connectivity index (χ3v) is 0.719. The van der Waals surface area contributed by atoms with Crippen LogP contribution in [-0.2, 0) is 20.2 Å². The van der Waals surface area contributed by atoms with Gasteiger partial charge in [0.2, 0.25) is 20.7 Å². The van der Waals surface area contributed by atoms with E-state index in [4.69, 9.17) is 13.0 Å². The molecule has 0 atom stereocenters. The average molecular weight is 434 g/mol. The Hall–Kier alpha value is -0.940. The lowest BCUT2D eigenvalue weighted by Gasteiger charge is -2.10. The molecule has 0 aliphatic carbocycles. The standard InChI is InChI=1S/C4H7F3O.CH2F2O.2CH2F2.CH3F.FHO3S/c1-2-4(6,7)8-3-5;2-1-4-3;2*2-1-3;1-2;1-5(2,3)4/h2-3H2,1H3;1H2;2*1H2;1H3;(H,2,3,4). The van der Waals surface area contributed by atoms with E-state index in [-0.39, 0.29) is 0 Å². The average Bonchev–Trinajstić information content (AvgIpc) is 2.49. The lowest BCUT2D eigenvalue weighted by atomic mass is 10.5. The van der Waals surface area contributed by atoms with Crippen LogP contribution in [0.15, 0.2) is 0 Å². The smallest absolute Gasteiger partial charge is 0.288 e. The molecule has 0 fully saturated rings. The van der Waals surface area contributed by atoms with Gasteiger partial charge in [0.1, 0.15) is 0 Å². The van der Waals surface area contributed by atoms with Crippen LogP contribution in [0.5, 0.6) is 0 Å². The SMILES string of the molecule is CCC(F)(F)OCF.CF.FCF.FCF.FCOF.O=S(=O)(O)F. The van der Waals surface area contributed by atoms with Crippen molar-refractivity contribution in [2.75, 3.05) is 34.8 Å². The molecule has 17 heteroatoms. The molecule has 0 bridgehead atoms. The summed E-state index contributed by atoms with van der Waals surface area (Å²) in [6, 6.07) is 0. The van der Waals surface area contributed by atoms with Crippen LogP contribution in [0.25, 0.3) is 0 Å². The van der Waals surface area contributed by atoms with E-state index in [2.05, 4.69) is 9.68 Å². The molecule has 0 rings (SSSR count). The van der Waals surface area contributed by atoms with Gasteiger partial charge in [0.25, 0.3) is 0 Å². The Morgan fingerprint density at radius 2 is 1.12 bits per heavy atom. The van der Waals surface area contributed by atoms with Crippen molar-refractivity contribution >= 4 is 10.5 Å². The van der Waals surface area contributed by atoms with E-state index >= 15 is 0 Å². The largest absolute Gasteiger partial charge is 0.435 e. The van der Waals surface area contributed by atoms with Crippen LogP contribution in [0.1, 0.15) is 13.3 Å². The molecule has 1 N–H and O–H groups in total. The molecule has 0 saturated carbocycles. The zero-order valence-electron chi connectivity index (χ0n) is 12.7. The predicted octanol–water partition coefficient (Wildman–Crippen LogP) is 4.86. The fraction of sp³-hybridized carbons (Fsp3) is 1.00. The molecule has 0 saturated heterocycles. The van der Waals surface area contributed by atoms with Crippen LogP contribution in [0, 0.1) is 0 Å². The van der Waals surface area contributed by atoms with Crippen molar-refractivity contribution in [2.24, 2.45) is 0 Å². The van der Waals surface area contributed by atoms with E-state index in [1.807, 2.05) is 0 Å². The first kappa shape index (κ1) is 39.2. The molecule has 0 spiro atoms. The molecule has 0 aromatic carbocycles. The van der Waals surface area contributed by atoms with Crippen LogP contribution >= 0.6 is 0 Å². The van der Waals surface area contributed by atoms with Crippen LogP contribution in [0.3, 0.4) is 0 Å². The summed E-state index contributed by atoms with van der Waals surface area (Å²) in [4.78, 5) is 2.38. The minimum absolute atomic E-state index is 0.489. The molecule has 5 nitrogen and oxygen atoms in total. The van der Waals surface area contributed by atoms with E-state index in [0.29, 0.717) is 7.18 Å². The first-order valence-corrected chi connectivity index (χ1v) is 6.37. The Morgan fingerprint density at radius 1 is 0.920 bits per heavy atom. The van der Waals surface area contributed by atoms with Gasteiger partial charge in [-0.3, -0.25) is 13.7 Å². The number of hydrogen-bond acceptors (Lipinski definition) is 4. The second-order valence-electron chi connectivity index (χ2n) is 2.08. The van der Waals surface area contributed by atoms with Gasteiger partial charge in [-0.15, -0.1) is 0 Å². The molecule has 0 heterocycles. The van der Waals surface area contributed by atoms with Crippen molar-refractivity contribution in [2.45, 2.75) is 19.5 Å². The highest BCUT2D eigenvalue weighted by molar-refractivity contribution is 7.80. The zero-order chi connectivity index (χ0) is 21.9. The van der Waals surface area contributed by atoms with Gasteiger partial charge in [-0.2, -0.15) is 22.1 Å². The molecule has 0 amide bonds. The van der Waals surface area contributed by atoms with E-state index in [1.165, 1.54) is 6.92 Å². The molecule has 25 heavy (non-hydrogen) atoms. The fourth-order valence-electron chi connectivity index (χ4n) is 0.182. The molecule has 0 radical (unpaired) electrons. The highest BCUT2D eigenvalue weighted by Crippen LogP contribution is 2.18. The van der Waals surface area contributed by atoms with Crippen molar-refractivity contribution in [1.29, 1.82) is 0 Å². The number of rotatable bonds is 4. The zero-order valence-corrected chi connectivity index (χ0v) is 13.5. The third-order valence-electron chi connectivity index (χ3n) is 0.719. The van der Waals surface area contributed by atoms with E-state index in [0.717, 1.165) is 0 Å². The molecule has 0 aliphatic rings. The lowest BCUT2D eigenvalue weighted by molar-refractivity contribution is -0.256. The third kappa shape index (κ3) is 205. The summed E-state index contributed by atoms with van der Waals surface area (Å²) in [7, 11) is -4.67. The second kappa shape index (κ2) is 34.4. The Morgan fingerprint density at radius 3 is 1.16 bits per heavy atom. The van der Waals surface area contributed by atoms with Gasteiger partial charge in [0, 0.05) is 6.42 Å². The van der Waals surface area contributed by atoms with Crippen LogP contribution in [0.2, 0.25) is 0 Å². The van der Waals surface area contributed by atoms with Crippen molar-refractivity contribution in [1.82, 2.24) is 0 Å². The van der Waals surface area contributed by atoms with Crippen molar-refractivity contribution in [3.8, 4) is 0 Å². The van der Waals surface area contributed by atoms with Crippen LogP contribution in [-0.4, -0.2) is 53.8 Å². The second-order valence-corrected chi connectivity index (χ2v) is 2.90.